The van der Waals surface area contributed by atoms with Crippen LogP contribution in [0, 0.1) is 5.92 Å². The number of carbonyl (C=O) groups excluding carboxylic acids is 2. The van der Waals surface area contributed by atoms with Gasteiger partial charge in [0, 0.05) is 24.5 Å². The third-order valence-corrected chi connectivity index (χ3v) is 4.50. The van der Waals surface area contributed by atoms with Crippen LogP contribution in [0.15, 0.2) is 54.6 Å². The highest BCUT2D eigenvalue weighted by Gasteiger charge is 2.30. The Morgan fingerprint density at radius 2 is 1.67 bits per heavy atom. The first-order valence-electron chi connectivity index (χ1n) is 9.29. The van der Waals surface area contributed by atoms with Crippen LogP contribution in [0.5, 0.6) is 0 Å². The SMILES string of the molecule is CCC(=O)N(Cc1ccc(Cl)cc1)[C@@H](C(=O)NCC(C)C)c1ccccc1. The lowest BCUT2D eigenvalue weighted by molar-refractivity contribution is -0.141. The smallest absolute Gasteiger partial charge is 0.247 e. The summed E-state index contributed by atoms with van der Waals surface area (Å²) in [6, 6.07) is 16.1. The highest BCUT2D eigenvalue weighted by Crippen LogP contribution is 2.25. The quantitative estimate of drug-likeness (QED) is 0.721. The summed E-state index contributed by atoms with van der Waals surface area (Å²) in [5, 5.41) is 3.62. The molecule has 4 nitrogen and oxygen atoms in total. The van der Waals surface area contributed by atoms with Gasteiger partial charge in [0.15, 0.2) is 0 Å². The van der Waals surface area contributed by atoms with Crippen molar-refractivity contribution >= 4 is 23.4 Å². The Morgan fingerprint density at radius 3 is 2.22 bits per heavy atom. The normalized spacial score (nSPS) is 11.9. The zero-order valence-electron chi connectivity index (χ0n) is 16.1. The summed E-state index contributed by atoms with van der Waals surface area (Å²) >= 11 is 5.97. The Labute approximate surface area is 166 Å². The first-order chi connectivity index (χ1) is 12.9. The van der Waals surface area contributed by atoms with E-state index in [0.29, 0.717) is 30.5 Å². The molecule has 2 aromatic rings. The summed E-state index contributed by atoms with van der Waals surface area (Å²) in [7, 11) is 0. The fraction of sp³-hybridized carbons (Fsp3) is 0.364. The fourth-order valence-corrected chi connectivity index (χ4v) is 2.95. The predicted molar refractivity (Wildman–Crippen MR) is 109 cm³/mol. The van der Waals surface area contributed by atoms with E-state index < -0.39 is 6.04 Å². The second kappa shape index (κ2) is 10.1. The van der Waals surface area contributed by atoms with Crippen LogP contribution in [0.4, 0.5) is 0 Å². The molecule has 0 aromatic heterocycles. The van der Waals surface area contributed by atoms with Gasteiger partial charge in [-0.15, -0.1) is 0 Å². The molecular formula is C22H27ClN2O2. The van der Waals surface area contributed by atoms with Crippen molar-refractivity contribution in [1.82, 2.24) is 10.2 Å². The molecule has 0 bridgehead atoms. The maximum Gasteiger partial charge on any atom is 0.247 e. The molecule has 27 heavy (non-hydrogen) atoms. The average molecular weight is 387 g/mol. The minimum Gasteiger partial charge on any atom is -0.354 e. The minimum atomic E-state index is -0.673. The standard InChI is InChI=1S/C22H27ClN2O2/c1-4-20(26)25(15-17-10-12-19(23)13-11-17)21(18-8-6-5-7-9-18)22(27)24-14-16(2)3/h5-13,16,21H,4,14-15H2,1-3H3,(H,24,27)/t21-/m1/s1. The molecule has 0 unspecified atom stereocenters. The van der Waals surface area contributed by atoms with Crippen molar-refractivity contribution in [3.05, 3.63) is 70.7 Å². The van der Waals surface area contributed by atoms with E-state index >= 15 is 0 Å². The van der Waals surface area contributed by atoms with E-state index in [-0.39, 0.29) is 11.8 Å². The summed E-state index contributed by atoms with van der Waals surface area (Å²) < 4.78 is 0. The van der Waals surface area contributed by atoms with Gasteiger partial charge in [0.25, 0.3) is 0 Å². The Kier molecular flexibility index (Phi) is 7.86. The van der Waals surface area contributed by atoms with Gasteiger partial charge in [-0.1, -0.05) is 74.8 Å². The molecule has 0 aliphatic rings. The third-order valence-electron chi connectivity index (χ3n) is 4.25. The highest BCUT2D eigenvalue weighted by atomic mass is 35.5. The van der Waals surface area contributed by atoms with Crippen molar-refractivity contribution in [1.29, 1.82) is 0 Å². The number of rotatable bonds is 8. The van der Waals surface area contributed by atoms with E-state index in [4.69, 9.17) is 11.6 Å². The number of nitrogens with one attached hydrogen (secondary N) is 1. The van der Waals surface area contributed by atoms with E-state index in [1.54, 1.807) is 17.0 Å². The number of halogens is 1. The molecule has 5 heteroatoms. The summed E-state index contributed by atoms with van der Waals surface area (Å²) in [5.41, 5.74) is 1.73. The Bertz CT molecular complexity index is 745. The first kappa shape index (κ1) is 21.0. The largest absolute Gasteiger partial charge is 0.354 e. The molecule has 0 saturated carbocycles. The zero-order chi connectivity index (χ0) is 19.8. The average Bonchev–Trinajstić information content (AvgIpc) is 2.67. The van der Waals surface area contributed by atoms with E-state index in [1.807, 2.05) is 63.2 Å². The molecule has 1 N–H and O–H groups in total. The molecule has 0 aliphatic carbocycles. The van der Waals surface area contributed by atoms with E-state index in [0.717, 1.165) is 11.1 Å². The molecule has 0 saturated heterocycles. The van der Waals surface area contributed by atoms with Gasteiger partial charge in [-0.3, -0.25) is 9.59 Å². The maximum absolute atomic E-state index is 13.0. The number of benzene rings is 2. The van der Waals surface area contributed by atoms with Gasteiger partial charge in [0.1, 0.15) is 6.04 Å². The van der Waals surface area contributed by atoms with Gasteiger partial charge in [-0.25, -0.2) is 0 Å². The molecule has 2 amide bonds. The lowest BCUT2D eigenvalue weighted by Gasteiger charge is -2.31. The van der Waals surface area contributed by atoms with Gasteiger partial charge in [0.05, 0.1) is 0 Å². The predicted octanol–water partition coefficient (Wildman–Crippen LogP) is 4.59. The summed E-state index contributed by atoms with van der Waals surface area (Å²) in [6.07, 6.45) is 0.328. The second-order valence-electron chi connectivity index (χ2n) is 6.95. The topological polar surface area (TPSA) is 49.4 Å². The Hall–Kier alpha value is -2.33. The van der Waals surface area contributed by atoms with Gasteiger partial charge >= 0.3 is 0 Å². The number of carbonyl (C=O) groups is 2. The molecule has 1 atom stereocenters. The molecule has 0 radical (unpaired) electrons. The van der Waals surface area contributed by atoms with Crippen LogP contribution in [-0.4, -0.2) is 23.3 Å². The van der Waals surface area contributed by atoms with E-state index in [2.05, 4.69) is 5.32 Å². The maximum atomic E-state index is 13.0. The number of hydrogen-bond donors (Lipinski definition) is 1. The summed E-state index contributed by atoms with van der Waals surface area (Å²) in [4.78, 5) is 27.4. The third kappa shape index (κ3) is 6.10. The lowest BCUT2D eigenvalue weighted by Crippen LogP contribution is -2.44. The van der Waals surface area contributed by atoms with Crippen LogP contribution in [0.2, 0.25) is 5.02 Å². The van der Waals surface area contributed by atoms with Gasteiger partial charge < -0.3 is 10.2 Å². The van der Waals surface area contributed by atoms with Gasteiger partial charge in [0.2, 0.25) is 11.8 Å². The van der Waals surface area contributed by atoms with Crippen molar-refractivity contribution in [2.75, 3.05) is 6.54 Å². The molecule has 0 spiro atoms. The first-order valence-corrected chi connectivity index (χ1v) is 9.66. The summed E-state index contributed by atoms with van der Waals surface area (Å²) in [6.45, 7) is 6.81. The number of hydrogen-bond acceptors (Lipinski definition) is 2. The van der Waals surface area contributed by atoms with Crippen molar-refractivity contribution in [2.45, 2.75) is 39.8 Å². The molecule has 0 heterocycles. The molecule has 0 aliphatic heterocycles. The Balaban J connectivity index is 2.37. The second-order valence-corrected chi connectivity index (χ2v) is 7.39. The molecule has 2 rings (SSSR count). The van der Waals surface area contributed by atoms with Crippen molar-refractivity contribution in [2.24, 2.45) is 5.92 Å². The van der Waals surface area contributed by atoms with Crippen LogP contribution in [0.1, 0.15) is 44.4 Å². The van der Waals surface area contributed by atoms with Gasteiger partial charge in [-0.05, 0) is 29.2 Å². The minimum absolute atomic E-state index is 0.0708. The fourth-order valence-electron chi connectivity index (χ4n) is 2.82. The highest BCUT2D eigenvalue weighted by molar-refractivity contribution is 6.30. The van der Waals surface area contributed by atoms with Crippen LogP contribution >= 0.6 is 11.6 Å². The van der Waals surface area contributed by atoms with Crippen molar-refractivity contribution < 1.29 is 9.59 Å². The van der Waals surface area contributed by atoms with Crippen LogP contribution in [-0.2, 0) is 16.1 Å². The Morgan fingerprint density at radius 1 is 1.04 bits per heavy atom. The molecule has 144 valence electrons. The van der Waals surface area contributed by atoms with Crippen LogP contribution in [0.25, 0.3) is 0 Å². The number of amides is 2. The van der Waals surface area contributed by atoms with Gasteiger partial charge in [-0.2, -0.15) is 0 Å². The van der Waals surface area contributed by atoms with Crippen molar-refractivity contribution in [3.63, 3.8) is 0 Å². The molecule has 2 aromatic carbocycles. The zero-order valence-corrected chi connectivity index (χ0v) is 16.9. The molecular weight excluding hydrogens is 360 g/mol. The van der Waals surface area contributed by atoms with Crippen molar-refractivity contribution in [3.8, 4) is 0 Å². The molecule has 0 fully saturated rings. The number of nitrogens with zero attached hydrogens (tertiary/aromatic N) is 1. The summed E-state index contributed by atoms with van der Waals surface area (Å²) in [5.74, 6) is 0.0983. The van der Waals surface area contributed by atoms with Crippen LogP contribution < -0.4 is 5.32 Å². The van der Waals surface area contributed by atoms with Crippen LogP contribution in [0.3, 0.4) is 0 Å². The lowest BCUT2D eigenvalue weighted by atomic mass is 10.0. The monoisotopic (exact) mass is 386 g/mol. The van der Waals surface area contributed by atoms with E-state index in [1.165, 1.54) is 0 Å². The van der Waals surface area contributed by atoms with E-state index in [9.17, 15) is 9.59 Å².